The first-order valence-corrected chi connectivity index (χ1v) is 5.25. The number of hydrogen-bond donors (Lipinski definition) is 0. The Labute approximate surface area is 94.5 Å². The van der Waals surface area contributed by atoms with E-state index in [0.29, 0.717) is 11.6 Å². The Morgan fingerprint density at radius 2 is 2.40 bits per heavy atom. The number of benzene rings is 1. The van der Waals surface area contributed by atoms with E-state index in [-0.39, 0.29) is 5.60 Å². The lowest BCUT2D eigenvalue weighted by Crippen LogP contribution is -2.20. The van der Waals surface area contributed by atoms with Crippen LogP contribution in [0.15, 0.2) is 36.9 Å². The van der Waals surface area contributed by atoms with Crippen LogP contribution >= 0.6 is 11.6 Å². The molecule has 0 aromatic heterocycles. The molecule has 1 fully saturated rings. The lowest BCUT2D eigenvalue weighted by atomic mass is 10.1. The fourth-order valence-corrected chi connectivity index (χ4v) is 1.58. The van der Waals surface area contributed by atoms with Crippen LogP contribution in [0.1, 0.15) is 6.42 Å². The van der Waals surface area contributed by atoms with Gasteiger partial charge in [0.05, 0.1) is 6.61 Å². The van der Waals surface area contributed by atoms with Crippen LogP contribution in [0.5, 0.6) is 5.75 Å². The van der Waals surface area contributed by atoms with E-state index in [4.69, 9.17) is 21.1 Å². The van der Waals surface area contributed by atoms with Crippen LogP contribution < -0.4 is 4.74 Å². The van der Waals surface area contributed by atoms with E-state index in [0.717, 1.165) is 18.8 Å². The van der Waals surface area contributed by atoms with Crippen molar-refractivity contribution in [2.45, 2.75) is 12.0 Å². The number of rotatable bonds is 5. The van der Waals surface area contributed by atoms with Gasteiger partial charge in [-0.25, -0.2) is 0 Å². The summed E-state index contributed by atoms with van der Waals surface area (Å²) >= 11 is 5.84. The van der Waals surface area contributed by atoms with E-state index < -0.39 is 0 Å². The summed E-state index contributed by atoms with van der Waals surface area (Å²) in [6.07, 6.45) is 2.68. The van der Waals surface area contributed by atoms with Crippen molar-refractivity contribution in [3.05, 3.63) is 41.9 Å². The van der Waals surface area contributed by atoms with Crippen LogP contribution in [0.2, 0.25) is 5.02 Å². The Kier molecular flexibility index (Phi) is 2.98. The first-order valence-electron chi connectivity index (χ1n) is 4.87. The quantitative estimate of drug-likeness (QED) is 0.567. The molecule has 1 atom stereocenters. The molecule has 0 spiro atoms. The number of epoxide rings is 1. The standard InChI is InChI=1S/C12H13ClO2/c1-2-6-12(9-15-12)8-14-11-5-3-4-10(13)7-11/h2-5,7H,1,6,8-9H2. The minimum Gasteiger partial charge on any atom is -0.490 e. The molecule has 3 heteroatoms. The van der Waals surface area contributed by atoms with Crippen LogP contribution in [0, 0.1) is 0 Å². The van der Waals surface area contributed by atoms with Crippen LogP contribution in [-0.4, -0.2) is 18.8 Å². The second kappa shape index (κ2) is 4.25. The van der Waals surface area contributed by atoms with Crippen molar-refractivity contribution >= 4 is 11.6 Å². The molecule has 0 aliphatic carbocycles. The topological polar surface area (TPSA) is 21.8 Å². The predicted molar refractivity (Wildman–Crippen MR) is 60.4 cm³/mol. The average molecular weight is 225 g/mol. The summed E-state index contributed by atoms with van der Waals surface area (Å²) in [7, 11) is 0. The lowest BCUT2D eigenvalue weighted by Gasteiger charge is -2.11. The third-order valence-corrected chi connectivity index (χ3v) is 2.60. The van der Waals surface area contributed by atoms with Gasteiger partial charge in [0.25, 0.3) is 0 Å². The molecule has 1 aromatic carbocycles. The third-order valence-electron chi connectivity index (χ3n) is 2.37. The molecule has 1 unspecified atom stereocenters. The zero-order valence-corrected chi connectivity index (χ0v) is 9.17. The summed E-state index contributed by atoms with van der Waals surface area (Å²) in [5, 5.41) is 0.682. The van der Waals surface area contributed by atoms with E-state index in [1.165, 1.54) is 0 Å². The highest BCUT2D eigenvalue weighted by Gasteiger charge is 2.44. The summed E-state index contributed by atoms with van der Waals surface area (Å²) in [4.78, 5) is 0. The summed E-state index contributed by atoms with van der Waals surface area (Å²) in [5.41, 5.74) is -0.135. The van der Waals surface area contributed by atoms with Gasteiger partial charge < -0.3 is 9.47 Å². The van der Waals surface area contributed by atoms with Crippen molar-refractivity contribution in [2.24, 2.45) is 0 Å². The van der Waals surface area contributed by atoms with E-state index in [1.54, 1.807) is 6.07 Å². The molecule has 0 bridgehead atoms. The van der Waals surface area contributed by atoms with Gasteiger partial charge in [-0.1, -0.05) is 23.7 Å². The van der Waals surface area contributed by atoms with Gasteiger partial charge in [-0.15, -0.1) is 6.58 Å². The highest BCUT2D eigenvalue weighted by Crippen LogP contribution is 2.32. The average Bonchev–Trinajstić information content (AvgIpc) is 2.97. The first-order chi connectivity index (χ1) is 7.24. The highest BCUT2D eigenvalue weighted by atomic mass is 35.5. The van der Waals surface area contributed by atoms with E-state index in [2.05, 4.69) is 6.58 Å². The maximum atomic E-state index is 5.84. The summed E-state index contributed by atoms with van der Waals surface area (Å²) < 4.78 is 11.0. The Hall–Kier alpha value is -0.990. The molecule has 0 radical (unpaired) electrons. The molecule has 0 saturated carbocycles. The van der Waals surface area contributed by atoms with Gasteiger partial charge in [0.15, 0.2) is 0 Å². The van der Waals surface area contributed by atoms with Crippen LogP contribution in [0.25, 0.3) is 0 Å². The fourth-order valence-electron chi connectivity index (χ4n) is 1.40. The molecular weight excluding hydrogens is 212 g/mol. The molecular formula is C12H13ClO2. The van der Waals surface area contributed by atoms with Crippen LogP contribution in [0.3, 0.4) is 0 Å². The smallest absolute Gasteiger partial charge is 0.129 e. The van der Waals surface area contributed by atoms with Crippen molar-refractivity contribution < 1.29 is 9.47 Å². The third kappa shape index (κ3) is 2.74. The second-order valence-electron chi connectivity index (χ2n) is 3.71. The summed E-state index contributed by atoms with van der Waals surface area (Å²) in [5.74, 6) is 0.779. The minimum atomic E-state index is -0.135. The van der Waals surface area contributed by atoms with E-state index in [1.807, 2.05) is 24.3 Å². The van der Waals surface area contributed by atoms with E-state index in [9.17, 15) is 0 Å². The SMILES string of the molecule is C=CCC1(COc2cccc(Cl)c2)CO1. The number of ether oxygens (including phenoxy) is 2. The Balaban J connectivity index is 1.90. The van der Waals surface area contributed by atoms with E-state index >= 15 is 0 Å². The molecule has 1 saturated heterocycles. The normalized spacial score (nSPS) is 23.5. The van der Waals surface area contributed by atoms with Crippen molar-refractivity contribution in [3.63, 3.8) is 0 Å². The van der Waals surface area contributed by atoms with Gasteiger partial charge in [0.1, 0.15) is 18.0 Å². The van der Waals surface area contributed by atoms with Crippen molar-refractivity contribution in [1.29, 1.82) is 0 Å². The van der Waals surface area contributed by atoms with Gasteiger partial charge >= 0.3 is 0 Å². The van der Waals surface area contributed by atoms with Crippen molar-refractivity contribution in [1.82, 2.24) is 0 Å². The van der Waals surface area contributed by atoms with Gasteiger partial charge in [0.2, 0.25) is 0 Å². The maximum absolute atomic E-state index is 5.84. The Morgan fingerprint density at radius 1 is 1.60 bits per heavy atom. The van der Waals surface area contributed by atoms with Crippen molar-refractivity contribution in [3.8, 4) is 5.75 Å². The van der Waals surface area contributed by atoms with Crippen LogP contribution in [-0.2, 0) is 4.74 Å². The largest absolute Gasteiger partial charge is 0.490 e. The molecule has 1 aliphatic rings. The summed E-state index contributed by atoms with van der Waals surface area (Å²) in [6.45, 7) is 5.00. The zero-order chi connectivity index (χ0) is 10.7. The predicted octanol–water partition coefficient (Wildman–Crippen LogP) is 3.06. The molecule has 15 heavy (non-hydrogen) atoms. The van der Waals surface area contributed by atoms with Crippen LogP contribution in [0.4, 0.5) is 0 Å². The maximum Gasteiger partial charge on any atom is 0.129 e. The Bertz CT molecular complexity index is 358. The van der Waals surface area contributed by atoms with Gasteiger partial charge in [0, 0.05) is 5.02 Å². The van der Waals surface area contributed by atoms with Gasteiger partial charge in [-0.3, -0.25) is 0 Å². The molecule has 0 N–H and O–H groups in total. The minimum absolute atomic E-state index is 0.135. The van der Waals surface area contributed by atoms with Crippen molar-refractivity contribution in [2.75, 3.05) is 13.2 Å². The second-order valence-corrected chi connectivity index (χ2v) is 4.15. The molecule has 0 amide bonds. The number of hydrogen-bond acceptors (Lipinski definition) is 2. The summed E-state index contributed by atoms with van der Waals surface area (Å²) in [6, 6.07) is 7.37. The molecule has 1 aliphatic heterocycles. The lowest BCUT2D eigenvalue weighted by molar-refractivity contribution is 0.190. The fraction of sp³-hybridized carbons (Fsp3) is 0.333. The molecule has 2 nitrogen and oxygen atoms in total. The molecule has 2 rings (SSSR count). The highest BCUT2D eigenvalue weighted by molar-refractivity contribution is 6.30. The molecule has 1 aromatic rings. The molecule has 80 valence electrons. The first kappa shape index (κ1) is 10.5. The molecule has 1 heterocycles. The van der Waals surface area contributed by atoms with Gasteiger partial charge in [-0.2, -0.15) is 0 Å². The number of halogens is 1. The van der Waals surface area contributed by atoms with Gasteiger partial charge in [-0.05, 0) is 24.6 Å². The zero-order valence-electron chi connectivity index (χ0n) is 8.41. The Morgan fingerprint density at radius 3 is 3.00 bits per heavy atom. The monoisotopic (exact) mass is 224 g/mol.